The molecule has 1 atom stereocenters. The van der Waals surface area contributed by atoms with Gasteiger partial charge in [0.15, 0.2) is 0 Å². The van der Waals surface area contributed by atoms with Gasteiger partial charge in [-0.3, -0.25) is 4.90 Å². The summed E-state index contributed by atoms with van der Waals surface area (Å²) in [5, 5.41) is 0. The van der Waals surface area contributed by atoms with Crippen molar-refractivity contribution in [2.45, 2.75) is 6.04 Å². The topological polar surface area (TPSA) is 31.5 Å². The predicted octanol–water partition coefficient (Wildman–Crippen LogP) is 4.32. The summed E-state index contributed by atoms with van der Waals surface area (Å²) in [5.41, 5.74) is 4.29. The third kappa shape index (κ3) is 3.55. The molecule has 1 saturated heterocycles. The van der Waals surface area contributed by atoms with Crippen LogP contribution in [0.1, 0.15) is 11.7 Å². The summed E-state index contributed by atoms with van der Waals surface area (Å²) in [6, 6.07) is 19.2. The molecule has 1 aromatic heterocycles. The highest BCUT2D eigenvalue weighted by molar-refractivity contribution is 5.61. The molecule has 1 unspecified atom stereocenters. The third-order valence-electron chi connectivity index (χ3n) is 5.30. The number of para-hydroxylation sites is 2. The van der Waals surface area contributed by atoms with Crippen molar-refractivity contribution in [1.29, 1.82) is 0 Å². The molecule has 3 aromatic rings. The first-order valence-corrected chi connectivity index (χ1v) is 9.19. The van der Waals surface area contributed by atoms with E-state index in [0.29, 0.717) is 0 Å². The van der Waals surface area contributed by atoms with Crippen LogP contribution in [0, 0.1) is 5.82 Å². The van der Waals surface area contributed by atoms with Gasteiger partial charge in [0.05, 0.1) is 18.8 Å². The summed E-state index contributed by atoms with van der Waals surface area (Å²) in [4.78, 5) is 8.27. The SMILES string of the molecule is COc1ccccc1N1CCN(C)C(c2ccc(-c3ccc(F)cc3)[nH]2)C1. The Morgan fingerprint density at radius 1 is 1.00 bits per heavy atom. The molecule has 2 aromatic carbocycles. The van der Waals surface area contributed by atoms with Crippen LogP contribution in [0.15, 0.2) is 60.7 Å². The van der Waals surface area contributed by atoms with E-state index >= 15 is 0 Å². The summed E-state index contributed by atoms with van der Waals surface area (Å²) in [7, 11) is 3.87. The second-order valence-corrected chi connectivity index (χ2v) is 6.95. The minimum atomic E-state index is -0.218. The lowest BCUT2D eigenvalue weighted by Gasteiger charge is -2.40. The van der Waals surface area contributed by atoms with Gasteiger partial charge in [-0.05, 0) is 61.1 Å². The first-order chi connectivity index (χ1) is 13.2. The lowest BCUT2D eigenvalue weighted by Crippen LogP contribution is -2.47. The van der Waals surface area contributed by atoms with E-state index in [4.69, 9.17) is 4.74 Å². The zero-order valence-corrected chi connectivity index (χ0v) is 15.7. The zero-order valence-electron chi connectivity index (χ0n) is 15.7. The summed E-state index contributed by atoms with van der Waals surface area (Å²) in [6.07, 6.45) is 0. The molecule has 140 valence electrons. The van der Waals surface area contributed by atoms with Crippen LogP contribution in [0.2, 0.25) is 0 Å². The number of hydrogen-bond donors (Lipinski definition) is 1. The maximum Gasteiger partial charge on any atom is 0.142 e. The minimum Gasteiger partial charge on any atom is -0.495 e. The number of aromatic amines is 1. The number of rotatable bonds is 4. The molecule has 5 heteroatoms. The Labute approximate surface area is 159 Å². The van der Waals surface area contributed by atoms with Crippen LogP contribution in [0.5, 0.6) is 5.75 Å². The molecule has 0 spiro atoms. The number of anilines is 1. The van der Waals surface area contributed by atoms with Crippen molar-refractivity contribution in [3.05, 3.63) is 72.2 Å². The van der Waals surface area contributed by atoms with Crippen molar-refractivity contribution in [2.24, 2.45) is 0 Å². The normalized spacial score (nSPS) is 17.9. The second-order valence-electron chi connectivity index (χ2n) is 6.95. The van der Waals surface area contributed by atoms with Crippen molar-refractivity contribution >= 4 is 5.69 Å². The van der Waals surface area contributed by atoms with Gasteiger partial charge in [-0.2, -0.15) is 0 Å². The summed E-state index contributed by atoms with van der Waals surface area (Å²) in [6.45, 7) is 2.80. The number of ether oxygens (including phenoxy) is 1. The number of piperazine rings is 1. The van der Waals surface area contributed by atoms with Crippen molar-refractivity contribution in [1.82, 2.24) is 9.88 Å². The fourth-order valence-electron chi connectivity index (χ4n) is 3.72. The van der Waals surface area contributed by atoms with Crippen LogP contribution in [0.4, 0.5) is 10.1 Å². The van der Waals surface area contributed by atoms with Crippen LogP contribution >= 0.6 is 0 Å². The number of benzene rings is 2. The number of methoxy groups -OCH3 is 1. The quantitative estimate of drug-likeness (QED) is 0.747. The Morgan fingerprint density at radius 2 is 1.78 bits per heavy atom. The highest BCUT2D eigenvalue weighted by atomic mass is 19.1. The molecule has 0 radical (unpaired) electrons. The van der Waals surface area contributed by atoms with E-state index in [1.54, 1.807) is 19.2 Å². The van der Waals surface area contributed by atoms with Crippen LogP contribution in [0.25, 0.3) is 11.3 Å². The number of nitrogens with zero attached hydrogens (tertiary/aromatic N) is 2. The lowest BCUT2D eigenvalue weighted by atomic mass is 10.1. The fourth-order valence-corrected chi connectivity index (χ4v) is 3.72. The molecule has 0 aliphatic carbocycles. The van der Waals surface area contributed by atoms with E-state index in [1.807, 2.05) is 18.2 Å². The fraction of sp³-hybridized carbons (Fsp3) is 0.273. The molecule has 4 rings (SSSR count). The van der Waals surface area contributed by atoms with E-state index in [2.05, 4.69) is 40.0 Å². The van der Waals surface area contributed by atoms with Gasteiger partial charge in [0.2, 0.25) is 0 Å². The van der Waals surface area contributed by atoms with Gasteiger partial charge in [-0.15, -0.1) is 0 Å². The molecule has 1 fully saturated rings. The van der Waals surface area contributed by atoms with E-state index in [0.717, 1.165) is 48.0 Å². The van der Waals surface area contributed by atoms with Gasteiger partial charge in [0.1, 0.15) is 11.6 Å². The van der Waals surface area contributed by atoms with E-state index < -0.39 is 0 Å². The van der Waals surface area contributed by atoms with Crippen molar-refractivity contribution in [3.63, 3.8) is 0 Å². The Morgan fingerprint density at radius 3 is 2.56 bits per heavy atom. The highest BCUT2D eigenvalue weighted by Gasteiger charge is 2.28. The summed E-state index contributed by atoms with van der Waals surface area (Å²) in [5.74, 6) is 0.685. The molecule has 2 heterocycles. The second kappa shape index (κ2) is 7.45. The zero-order chi connectivity index (χ0) is 18.8. The lowest BCUT2D eigenvalue weighted by molar-refractivity contribution is 0.217. The number of halogens is 1. The van der Waals surface area contributed by atoms with E-state index in [1.165, 1.54) is 12.1 Å². The summed E-state index contributed by atoms with van der Waals surface area (Å²) < 4.78 is 18.7. The number of nitrogens with one attached hydrogen (secondary N) is 1. The molecular formula is C22H24FN3O. The van der Waals surface area contributed by atoms with Gasteiger partial charge in [-0.25, -0.2) is 4.39 Å². The highest BCUT2D eigenvalue weighted by Crippen LogP contribution is 2.33. The van der Waals surface area contributed by atoms with E-state index in [9.17, 15) is 4.39 Å². The third-order valence-corrected chi connectivity index (χ3v) is 5.30. The van der Waals surface area contributed by atoms with Crippen molar-refractivity contribution < 1.29 is 9.13 Å². The molecule has 27 heavy (non-hydrogen) atoms. The molecule has 1 aliphatic heterocycles. The molecule has 4 nitrogen and oxygen atoms in total. The van der Waals surface area contributed by atoms with Crippen molar-refractivity contribution in [3.8, 4) is 17.0 Å². The first-order valence-electron chi connectivity index (χ1n) is 9.19. The van der Waals surface area contributed by atoms with Crippen LogP contribution in [-0.4, -0.2) is 43.7 Å². The molecule has 1 aliphatic rings. The Balaban J connectivity index is 1.58. The summed E-state index contributed by atoms with van der Waals surface area (Å²) >= 11 is 0. The maximum atomic E-state index is 13.2. The van der Waals surface area contributed by atoms with Gasteiger partial charge >= 0.3 is 0 Å². The predicted molar refractivity (Wildman–Crippen MR) is 107 cm³/mol. The molecule has 0 bridgehead atoms. The van der Waals surface area contributed by atoms with Gasteiger partial charge in [0, 0.05) is 31.0 Å². The first kappa shape index (κ1) is 17.6. The maximum absolute atomic E-state index is 13.2. The monoisotopic (exact) mass is 365 g/mol. The van der Waals surface area contributed by atoms with E-state index in [-0.39, 0.29) is 11.9 Å². The largest absolute Gasteiger partial charge is 0.495 e. The van der Waals surface area contributed by atoms with Crippen LogP contribution in [0.3, 0.4) is 0 Å². The molecule has 0 amide bonds. The standard InChI is InChI=1S/C22H24FN3O/c1-25-13-14-26(20-5-3-4-6-22(20)27-2)15-21(25)19-12-11-18(24-19)16-7-9-17(23)10-8-16/h3-12,21,24H,13-15H2,1-2H3. The molecule has 1 N–H and O–H groups in total. The van der Waals surface area contributed by atoms with Gasteiger partial charge < -0.3 is 14.6 Å². The number of likely N-dealkylation sites (N-methyl/N-ethyl adjacent to an activating group) is 1. The van der Waals surface area contributed by atoms with Gasteiger partial charge in [0.25, 0.3) is 0 Å². The number of H-pyrrole nitrogens is 1. The minimum absolute atomic E-state index is 0.218. The number of hydrogen-bond acceptors (Lipinski definition) is 3. The van der Waals surface area contributed by atoms with Crippen LogP contribution in [-0.2, 0) is 0 Å². The van der Waals surface area contributed by atoms with Crippen LogP contribution < -0.4 is 9.64 Å². The number of aromatic nitrogens is 1. The molecular weight excluding hydrogens is 341 g/mol. The average Bonchev–Trinajstić information content (AvgIpc) is 3.19. The van der Waals surface area contributed by atoms with Crippen molar-refractivity contribution in [2.75, 3.05) is 38.7 Å². The average molecular weight is 365 g/mol. The Kier molecular flexibility index (Phi) is 4.86. The Bertz CT molecular complexity index is 906. The van der Waals surface area contributed by atoms with Gasteiger partial charge in [-0.1, -0.05) is 12.1 Å². The molecule has 0 saturated carbocycles. The smallest absolute Gasteiger partial charge is 0.142 e. The Hall–Kier alpha value is -2.79.